The van der Waals surface area contributed by atoms with Crippen LogP contribution in [-0.4, -0.2) is 31.6 Å². The van der Waals surface area contributed by atoms with E-state index in [2.05, 4.69) is 18.7 Å². The Kier molecular flexibility index (Phi) is 5.22. The Morgan fingerprint density at radius 2 is 2.10 bits per heavy atom. The van der Waals surface area contributed by atoms with E-state index in [9.17, 15) is 4.39 Å². The number of rotatable bonds is 4. The fourth-order valence-electron chi connectivity index (χ4n) is 2.96. The summed E-state index contributed by atoms with van der Waals surface area (Å²) in [6.45, 7) is 7.58. The van der Waals surface area contributed by atoms with Gasteiger partial charge in [0.2, 0.25) is 0 Å². The van der Waals surface area contributed by atoms with Crippen LogP contribution in [0.15, 0.2) is 18.2 Å². The third kappa shape index (κ3) is 4.42. The molecule has 1 fully saturated rings. The third-order valence-corrected chi connectivity index (χ3v) is 4.49. The summed E-state index contributed by atoms with van der Waals surface area (Å²) in [5, 5.41) is 0. The summed E-state index contributed by atoms with van der Waals surface area (Å²) in [7, 11) is 1.47. The Balaban J connectivity index is 1.97. The van der Waals surface area contributed by atoms with Gasteiger partial charge < -0.3 is 15.4 Å². The van der Waals surface area contributed by atoms with Crippen LogP contribution in [0.2, 0.25) is 0 Å². The van der Waals surface area contributed by atoms with Gasteiger partial charge in [-0.1, -0.05) is 19.9 Å². The number of nitrogens with two attached hydrogens (primary N) is 1. The van der Waals surface area contributed by atoms with Gasteiger partial charge in [0.05, 0.1) is 7.11 Å². The number of hydrogen-bond donors (Lipinski definition) is 1. The molecule has 1 aromatic carbocycles. The van der Waals surface area contributed by atoms with E-state index >= 15 is 0 Å². The van der Waals surface area contributed by atoms with E-state index in [1.165, 1.54) is 32.4 Å². The molecule has 0 aromatic heterocycles. The molecule has 21 heavy (non-hydrogen) atoms. The second kappa shape index (κ2) is 6.75. The Hall–Kier alpha value is -1.13. The first kappa shape index (κ1) is 16.2. The van der Waals surface area contributed by atoms with Crippen LogP contribution >= 0.6 is 0 Å². The molecule has 1 saturated heterocycles. The van der Waals surface area contributed by atoms with E-state index in [0.29, 0.717) is 5.41 Å². The van der Waals surface area contributed by atoms with E-state index in [1.807, 2.05) is 6.07 Å². The molecule has 4 heteroatoms. The monoisotopic (exact) mass is 294 g/mol. The smallest absolute Gasteiger partial charge is 0.165 e. The summed E-state index contributed by atoms with van der Waals surface area (Å²) in [4.78, 5) is 2.40. The molecule has 0 bridgehead atoms. The molecule has 118 valence electrons. The van der Waals surface area contributed by atoms with Gasteiger partial charge in [-0.15, -0.1) is 0 Å². The minimum atomic E-state index is -0.345. The van der Waals surface area contributed by atoms with Crippen molar-refractivity contribution >= 4 is 0 Å². The van der Waals surface area contributed by atoms with Crippen LogP contribution in [0.3, 0.4) is 0 Å². The topological polar surface area (TPSA) is 38.5 Å². The van der Waals surface area contributed by atoms with E-state index in [0.717, 1.165) is 25.2 Å². The van der Waals surface area contributed by atoms with Gasteiger partial charge in [-0.25, -0.2) is 4.39 Å². The molecular weight excluding hydrogens is 267 g/mol. The molecule has 1 aliphatic heterocycles. The van der Waals surface area contributed by atoms with Crippen molar-refractivity contribution in [3.8, 4) is 5.75 Å². The zero-order valence-electron chi connectivity index (χ0n) is 13.4. The standard InChI is InChI=1S/C17H27FN2O/c1-17(2)7-4-9-20(10-8-17)12-15(19)13-5-6-16(21-3)14(18)11-13/h5-6,11,15H,4,7-10,12,19H2,1-3H3. The largest absolute Gasteiger partial charge is 0.494 e. The SMILES string of the molecule is COc1ccc(C(N)CN2CCCC(C)(C)CC2)cc1F. The highest BCUT2D eigenvalue weighted by Crippen LogP contribution is 2.30. The number of methoxy groups -OCH3 is 1. The van der Waals surface area contributed by atoms with Crippen LogP contribution in [0.5, 0.6) is 5.75 Å². The molecule has 0 saturated carbocycles. The van der Waals surface area contributed by atoms with Crippen LogP contribution in [0, 0.1) is 11.2 Å². The number of nitrogens with zero attached hydrogens (tertiary/aromatic N) is 1. The van der Waals surface area contributed by atoms with Crippen molar-refractivity contribution in [2.24, 2.45) is 11.1 Å². The number of likely N-dealkylation sites (tertiary alicyclic amines) is 1. The first-order valence-corrected chi connectivity index (χ1v) is 7.73. The molecule has 0 aliphatic carbocycles. The van der Waals surface area contributed by atoms with Crippen molar-refractivity contribution in [1.82, 2.24) is 4.90 Å². The molecule has 0 radical (unpaired) electrons. The normalized spacial score (nSPS) is 20.8. The predicted molar refractivity (Wildman–Crippen MR) is 84.0 cm³/mol. The van der Waals surface area contributed by atoms with E-state index in [1.54, 1.807) is 6.07 Å². The fraction of sp³-hybridized carbons (Fsp3) is 0.647. The van der Waals surface area contributed by atoms with Gasteiger partial charge in [0, 0.05) is 12.6 Å². The Morgan fingerprint density at radius 3 is 2.76 bits per heavy atom. The van der Waals surface area contributed by atoms with Gasteiger partial charge in [0.25, 0.3) is 0 Å². The maximum absolute atomic E-state index is 13.8. The van der Waals surface area contributed by atoms with Gasteiger partial charge in [-0.3, -0.25) is 0 Å². The summed E-state index contributed by atoms with van der Waals surface area (Å²) >= 11 is 0. The fourth-order valence-corrected chi connectivity index (χ4v) is 2.96. The van der Waals surface area contributed by atoms with Gasteiger partial charge in [-0.05, 0) is 55.5 Å². The molecular formula is C17H27FN2O. The second-order valence-electron chi connectivity index (χ2n) is 6.82. The molecule has 3 nitrogen and oxygen atoms in total. The lowest BCUT2D eigenvalue weighted by molar-refractivity contribution is 0.249. The molecule has 1 aliphatic rings. The molecule has 0 spiro atoms. The zero-order chi connectivity index (χ0) is 15.5. The lowest BCUT2D eigenvalue weighted by atomic mass is 9.85. The lowest BCUT2D eigenvalue weighted by Crippen LogP contribution is -2.33. The summed E-state index contributed by atoms with van der Waals surface area (Å²) < 4.78 is 18.7. The predicted octanol–water partition coefficient (Wildman–Crippen LogP) is 3.35. The number of hydrogen-bond acceptors (Lipinski definition) is 3. The van der Waals surface area contributed by atoms with Gasteiger partial charge in [0.15, 0.2) is 11.6 Å². The van der Waals surface area contributed by atoms with Gasteiger partial charge in [-0.2, -0.15) is 0 Å². The van der Waals surface area contributed by atoms with Crippen LogP contribution in [0.4, 0.5) is 4.39 Å². The number of halogens is 1. The number of benzene rings is 1. The van der Waals surface area contributed by atoms with E-state index in [-0.39, 0.29) is 17.6 Å². The van der Waals surface area contributed by atoms with Crippen LogP contribution in [0.25, 0.3) is 0 Å². The number of ether oxygens (including phenoxy) is 1. The van der Waals surface area contributed by atoms with Crippen LogP contribution in [-0.2, 0) is 0 Å². The highest BCUT2D eigenvalue weighted by Gasteiger charge is 2.24. The lowest BCUT2D eigenvalue weighted by Gasteiger charge is -2.25. The zero-order valence-corrected chi connectivity index (χ0v) is 13.4. The average molecular weight is 294 g/mol. The summed E-state index contributed by atoms with van der Waals surface area (Å²) in [6.07, 6.45) is 3.66. The van der Waals surface area contributed by atoms with Crippen LogP contribution in [0.1, 0.15) is 44.7 Å². The first-order chi connectivity index (χ1) is 9.91. The van der Waals surface area contributed by atoms with Gasteiger partial charge in [0.1, 0.15) is 0 Å². The second-order valence-corrected chi connectivity index (χ2v) is 6.82. The molecule has 1 unspecified atom stereocenters. The van der Waals surface area contributed by atoms with Gasteiger partial charge >= 0.3 is 0 Å². The molecule has 1 heterocycles. The third-order valence-electron chi connectivity index (χ3n) is 4.49. The Morgan fingerprint density at radius 1 is 1.33 bits per heavy atom. The summed E-state index contributed by atoms with van der Waals surface area (Å²) in [5.41, 5.74) is 7.51. The maximum atomic E-state index is 13.8. The van der Waals surface area contributed by atoms with Crippen molar-refractivity contribution in [2.75, 3.05) is 26.7 Å². The van der Waals surface area contributed by atoms with Crippen molar-refractivity contribution in [3.05, 3.63) is 29.6 Å². The average Bonchev–Trinajstić information content (AvgIpc) is 2.60. The quantitative estimate of drug-likeness (QED) is 0.925. The maximum Gasteiger partial charge on any atom is 0.165 e. The minimum absolute atomic E-state index is 0.161. The molecule has 1 atom stereocenters. The molecule has 0 amide bonds. The highest BCUT2D eigenvalue weighted by molar-refractivity contribution is 5.31. The van der Waals surface area contributed by atoms with Crippen LogP contribution < -0.4 is 10.5 Å². The van der Waals surface area contributed by atoms with Crippen molar-refractivity contribution in [2.45, 2.75) is 39.2 Å². The van der Waals surface area contributed by atoms with Crippen molar-refractivity contribution in [1.29, 1.82) is 0 Å². The van der Waals surface area contributed by atoms with E-state index < -0.39 is 0 Å². The summed E-state index contributed by atoms with van der Waals surface area (Å²) in [6, 6.07) is 4.84. The van der Waals surface area contributed by atoms with Crippen molar-refractivity contribution < 1.29 is 9.13 Å². The molecule has 1 aromatic rings. The van der Waals surface area contributed by atoms with Crippen molar-refractivity contribution in [3.63, 3.8) is 0 Å². The highest BCUT2D eigenvalue weighted by atomic mass is 19.1. The Labute approximate surface area is 127 Å². The first-order valence-electron chi connectivity index (χ1n) is 7.73. The summed E-state index contributed by atoms with van der Waals surface area (Å²) in [5.74, 6) is -0.0788. The Bertz CT molecular complexity index is 476. The van der Waals surface area contributed by atoms with E-state index in [4.69, 9.17) is 10.5 Å². The molecule has 2 N–H and O–H groups in total. The molecule has 2 rings (SSSR count). The minimum Gasteiger partial charge on any atom is -0.494 e.